The molecule has 4 aromatic rings. The number of nitrogens with zero attached hydrogens (tertiary/aromatic N) is 1. The molecular weight excluding hydrogens is 484 g/mol. The van der Waals surface area contributed by atoms with Crippen molar-refractivity contribution >= 4 is 28.4 Å². The van der Waals surface area contributed by atoms with Gasteiger partial charge in [0.2, 0.25) is 0 Å². The first-order valence-electron chi connectivity index (χ1n) is 12.2. The summed E-state index contributed by atoms with van der Waals surface area (Å²) in [6, 6.07) is 18.9. The van der Waals surface area contributed by atoms with Crippen molar-refractivity contribution in [3.63, 3.8) is 0 Å². The van der Waals surface area contributed by atoms with Crippen LogP contribution < -0.4 is 14.2 Å². The second-order valence-corrected chi connectivity index (χ2v) is 8.95. The zero-order valence-electron chi connectivity index (χ0n) is 21.4. The van der Waals surface area contributed by atoms with Gasteiger partial charge in [-0.2, -0.15) is 0 Å². The first-order chi connectivity index (χ1) is 18.5. The number of methoxy groups -OCH3 is 3. The van der Waals surface area contributed by atoms with Crippen molar-refractivity contribution in [3.05, 3.63) is 95.2 Å². The highest BCUT2D eigenvalue weighted by Gasteiger charge is 2.46. The third kappa shape index (κ3) is 4.34. The molecule has 1 fully saturated rings. The first kappa shape index (κ1) is 25.0. The Hall–Kier alpha value is -4.72. The molecule has 8 heteroatoms. The molecule has 2 heterocycles. The van der Waals surface area contributed by atoms with Gasteiger partial charge in [-0.25, -0.2) is 0 Å². The molecule has 1 atom stereocenters. The van der Waals surface area contributed by atoms with Gasteiger partial charge in [0.15, 0.2) is 11.5 Å². The quantitative estimate of drug-likeness (QED) is 0.199. The normalized spacial score (nSPS) is 16.7. The van der Waals surface area contributed by atoms with E-state index in [0.717, 1.165) is 22.2 Å². The number of aromatic nitrogens is 1. The van der Waals surface area contributed by atoms with Crippen molar-refractivity contribution in [2.45, 2.75) is 12.5 Å². The Morgan fingerprint density at radius 1 is 0.921 bits per heavy atom. The fourth-order valence-corrected chi connectivity index (χ4v) is 4.96. The second-order valence-electron chi connectivity index (χ2n) is 8.95. The van der Waals surface area contributed by atoms with Crippen LogP contribution in [0.2, 0.25) is 0 Å². The number of amides is 1. The third-order valence-electron chi connectivity index (χ3n) is 6.91. The van der Waals surface area contributed by atoms with Crippen molar-refractivity contribution in [3.8, 4) is 17.2 Å². The minimum absolute atomic E-state index is 0.0361. The summed E-state index contributed by atoms with van der Waals surface area (Å²) in [7, 11) is 4.67. The maximum absolute atomic E-state index is 13.4. The van der Waals surface area contributed by atoms with Gasteiger partial charge in [-0.15, -0.1) is 0 Å². The summed E-state index contributed by atoms with van der Waals surface area (Å²) >= 11 is 0. The van der Waals surface area contributed by atoms with Crippen LogP contribution in [0.1, 0.15) is 22.7 Å². The third-order valence-corrected chi connectivity index (χ3v) is 6.91. The Morgan fingerprint density at radius 3 is 2.39 bits per heavy atom. The Kier molecular flexibility index (Phi) is 6.79. The zero-order valence-corrected chi connectivity index (χ0v) is 21.4. The van der Waals surface area contributed by atoms with E-state index in [4.69, 9.17) is 14.2 Å². The van der Waals surface area contributed by atoms with E-state index in [1.807, 2.05) is 30.5 Å². The van der Waals surface area contributed by atoms with Crippen LogP contribution in [0, 0.1) is 0 Å². The molecule has 194 valence electrons. The van der Waals surface area contributed by atoms with Crippen LogP contribution in [0.3, 0.4) is 0 Å². The summed E-state index contributed by atoms with van der Waals surface area (Å²) in [5.74, 6) is 0.0875. The van der Waals surface area contributed by atoms with Crippen LogP contribution in [0.4, 0.5) is 0 Å². The van der Waals surface area contributed by atoms with E-state index >= 15 is 0 Å². The number of Topliss-reactive ketones (excluding diaryl/α,β-unsaturated/α-hetero) is 1. The molecule has 0 saturated carbocycles. The minimum Gasteiger partial charge on any atom is -0.507 e. The molecular formula is C30H28N2O6. The Labute approximate surface area is 220 Å². The van der Waals surface area contributed by atoms with Gasteiger partial charge in [0.25, 0.3) is 11.7 Å². The maximum atomic E-state index is 13.4. The second kappa shape index (κ2) is 10.3. The number of ether oxygens (including phenoxy) is 3. The lowest BCUT2D eigenvalue weighted by molar-refractivity contribution is -0.139. The van der Waals surface area contributed by atoms with Crippen molar-refractivity contribution in [2.75, 3.05) is 27.9 Å². The number of likely N-dealkylation sites (tertiary alicyclic amines) is 1. The number of aromatic amines is 1. The number of benzene rings is 3. The van der Waals surface area contributed by atoms with E-state index in [1.54, 1.807) is 49.6 Å². The number of aliphatic hydroxyl groups excluding tert-OH is 1. The number of rotatable bonds is 8. The van der Waals surface area contributed by atoms with E-state index in [1.165, 1.54) is 19.1 Å². The number of nitrogens with one attached hydrogen (secondary N) is 1. The van der Waals surface area contributed by atoms with E-state index in [2.05, 4.69) is 4.98 Å². The van der Waals surface area contributed by atoms with E-state index < -0.39 is 17.7 Å². The highest BCUT2D eigenvalue weighted by Crippen LogP contribution is 2.42. The smallest absolute Gasteiger partial charge is 0.295 e. The number of fused-ring (bicyclic) bond motifs is 1. The average Bonchev–Trinajstić information content (AvgIpc) is 3.48. The number of carbonyl (C=O) groups is 2. The summed E-state index contributed by atoms with van der Waals surface area (Å²) in [6.07, 6.45) is 2.38. The molecule has 1 amide bonds. The lowest BCUT2D eigenvalue weighted by Crippen LogP contribution is -2.31. The van der Waals surface area contributed by atoms with E-state index in [-0.39, 0.29) is 17.9 Å². The zero-order chi connectivity index (χ0) is 26.8. The Morgan fingerprint density at radius 2 is 1.68 bits per heavy atom. The minimum atomic E-state index is -0.810. The molecule has 0 aliphatic carbocycles. The van der Waals surface area contributed by atoms with E-state index in [9.17, 15) is 14.7 Å². The number of carbonyl (C=O) groups excluding carboxylic acids is 2. The topological polar surface area (TPSA) is 101 Å². The highest BCUT2D eigenvalue weighted by atomic mass is 16.5. The standard InChI is InChI=1S/C30H28N2O6/c1-36-21-10-11-23-22(16-21)20(17-31-23)13-14-32-27(19-9-12-24(37-2)25(15-19)38-3)26(29(34)30(32)35)28(33)18-7-5-4-6-8-18/h4-12,15-17,27,31,33H,13-14H2,1-3H3/b28-26-. The molecule has 1 aliphatic heterocycles. The number of ketones is 1. The number of H-pyrrole nitrogens is 1. The van der Waals surface area contributed by atoms with Gasteiger partial charge < -0.3 is 29.2 Å². The summed E-state index contributed by atoms with van der Waals surface area (Å²) < 4.78 is 16.2. The van der Waals surface area contributed by atoms with Gasteiger partial charge in [-0.3, -0.25) is 9.59 Å². The van der Waals surface area contributed by atoms with Crippen molar-refractivity contribution in [1.29, 1.82) is 0 Å². The molecule has 0 bridgehead atoms. The molecule has 0 spiro atoms. The molecule has 1 aromatic heterocycles. The summed E-state index contributed by atoms with van der Waals surface area (Å²) in [5, 5.41) is 12.2. The van der Waals surface area contributed by atoms with Gasteiger partial charge in [0.05, 0.1) is 32.9 Å². The highest BCUT2D eigenvalue weighted by molar-refractivity contribution is 6.46. The average molecular weight is 513 g/mol. The van der Waals surface area contributed by atoms with Crippen LogP contribution in [-0.4, -0.2) is 54.6 Å². The molecule has 1 unspecified atom stereocenters. The molecule has 38 heavy (non-hydrogen) atoms. The van der Waals surface area contributed by atoms with Crippen LogP contribution in [0.25, 0.3) is 16.7 Å². The van der Waals surface area contributed by atoms with Crippen LogP contribution in [0.15, 0.2) is 78.5 Å². The predicted molar refractivity (Wildman–Crippen MR) is 144 cm³/mol. The van der Waals surface area contributed by atoms with Gasteiger partial charge in [0.1, 0.15) is 11.5 Å². The van der Waals surface area contributed by atoms with Crippen molar-refractivity contribution in [1.82, 2.24) is 9.88 Å². The van der Waals surface area contributed by atoms with E-state index in [0.29, 0.717) is 29.0 Å². The van der Waals surface area contributed by atoms with Crippen molar-refractivity contribution in [2.24, 2.45) is 0 Å². The summed E-state index contributed by atoms with van der Waals surface area (Å²) in [6.45, 7) is 0.249. The molecule has 0 radical (unpaired) electrons. The number of hydrogen-bond acceptors (Lipinski definition) is 6. The first-order valence-corrected chi connectivity index (χ1v) is 12.2. The molecule has 8 nitrogen and oxygen atoms in total. The van der Waals surface area contributed by atoms with Gasteiger partial charge in [0, 0.05) is 29.2 Å². The summed E-state index contributed by atoms with van der Waals surface area (Å²) in [4.78, 5) is 31.5. The summed E-state index contributed by atoms with van der Waals surface area (Å²) in [5.41, 5.74) is 3.05. The molecule has 5 rings (SSSR count). The van der Waals surface area contributed by atoms with Crippen LogP contribution in [0.5, 0.6) is 17.2 Å². The lowest BCUT2D eigenvalue weighted by Gasteiger charge is -2.26. The van der Waals surface area contributed by atoms with Crippen molar-refractivity contribution < 1.29 is 28.9 Å². The van der Waals surface area contributed by atoms with Gasteiger partial charge >= 0.3 is 0 Å². The maximum Gasteiger partial charge on any atom is 0.295 e. The molecule has 1 aliphatic rings. The lowest BCUT2D eigenvalue weighted by atomic mass is 9.95. The molecule has 1 saturated heterocycles. The SMILES string of the molecule is COc1ccc2[nH]cc(CCN3C(=O)C(=O)/C(=C(\O)c4ccccc4)C3c3ccc(OC)c(OC)c3)c2c1. The largest absolute Gasteiger partial charge is 0.507 e. The van der Waals surface area contributed by atoms with Gasteiger partial charge in [-0.05, 0) is 47.9 Å². The van der Waals surface area contributed by atoms with Crippen LogP contribution in [-0.2, 0) is 16.0 Å². The number of hydrogen-bond donors (Lipinski definition) is 2. The number of aliphatic hydroxyl groups is 1. The molecule has 2 N–H and O–H groups in total. The van der Waals surface area contributed by atoms with Gasteiger partial charge in [-0.1, -0.05) is 36.4 Å². The molecule has 3 aromatic carbocycles. The Bertz CT molecular complexity index is 1540. The monoisotopic (exact) mass is 512 g/mol. The fourth-order valence-electron chi connectivity index (χ4n) is 4.96. The van der Waals surface area contributed by atoms with Crippen LogP contribution >= 0.6 is 0 Å². The predicted octanol–water partition coefficient (Wildman–Crippen LogP) is 4.86. The fraction of sp³-hybridized carbons (Fsp3) is 0.200. The Balaban J connectivity index is 1.58.